The SMILES string of the molecule is COC(=O)C12CCNC(CN1C(=O)OC(C)(C)C)C2CCCB1O[C@@H]2C[C@@H]3C[C@@H](C3(C)C)[C@]2(C)O1. The quantitative estimate of drug-likeness (QED) is 0.465. The number of carbonyl (C=O) groups excluding carboxylic acids is 2. The Hall–Kier alpha value is -1.32. The van der Waals surface area contributed by atoms with Gasteiger partial charge >= 0.3 is 19.2 Å². The van der Waals surface area contributed by atoms with Gasteiger partial charge in [0.05, 0.1) is 18.8 Å². The molecule has 1 N–H and O–H groups in total. The first kappa shape index (κ1) is 25.3. The van der Waals surface area contributed by atoms with Crippen LogP contribution in [0.1, 0.15) is 73.6 Å². The van der Waals surface area contributed by atoms with E-state index in [0.29, 0.717) is 30.8 Å². The Bertz CT molecular complexity index is 876. The van der Waals surface area contributed by atoms with Gasteiger partial charge in [0, 0.05) is 18.5 Å². The molecule has 3 saturated carbocycles. The Morgan fingerprint density at radius 2 is 1.94 bits per heavy atom. The third-order valence-electron chi connectivity index (χ3n) is 9.98. The maximum atomic E-state index is 13.2. The van der Waals surface area contributed by atoms with E-state index in [1.54, 1.807) is 4.90 Å². The number of piperidine rings is 1. The summed E-state index contributed by atoms with van der Waals surface area (Å²) in [6.45, 7) is 13.6. The number of nitrogens with zero attached hydrogens (tertiary/aromatic N) is 1. The molecule has 196 valence electrons. The monoisotopic (exact) mass is 490 g/mol. The van der Waals surface area contributed by atoms with Crippen molar-refractivity contribution in [3.8, 4) is 0 Å². The van der Waals surface area contributed by atoms with E-state index in [1.165, 1.54) is 13.5 Å². The smallest absolute Gasteiger partial charge is 0.457 e. The van der Waals surface area contributed by atoms with Gasteiger partial charge in [-0.25, -0.2) is 9.59 Å². The summed E-state index contributed by atoms with van der Waals surface area (Å²) in [6.07, 6.45) is 5.02. The van der Waals surface area contributed by atoms with Crippen LogP contribution in [0.15, 0.2) is 0 Å². The zero-order valence-electron chi connectivity index (χ0n) is 22.5. The molecule has 6 rings (SSSR count). The second-order valence-corrected chi connectivity index (χ2v) is 13.3. The lowest BCUT2D eigenvalue weighted by Gasteiger charge is -2.64. The molecule has 8 nitrogen and oxygen atoms in total. The molecule has 7 atom stereocenters. The summed E-state index contributed by atoms with van der Waals surface area (Å²) in [5, 5.41) is 3.54. The molecule has 3 unspecified atom stereocenters. The molecule has 0 spiro atoms. The molecule has 0 aromatic rings. The van der Waals surface area contributed by atoms with E-state index < -0.39 is 17.2 Å². The van der Waals surface area contributed by atoms with E-state index in [2.05, 4.69) is 26.1 Å². The van der Waals surface area contributed by atoms with Crippen LogP contribution in [-0.4, -0.2) is 73.2 Å². The Morgan fingerprint density at radius 3 is 2.60 bits per heavy atom. The van der Waals surface area contributed by atoms with Crippen LogP contribution in [0.4, 0.5) is 4.79 Å². The van der Waals surface area contributed by atoms with Crippen LogP contribution in [0.3, 0.4) is 0 Å². The fourth-order valence-corrected chi connectivity index (χ4v) is 8.11. The molecule has 1 amide bonds. The number of carbonyl (C=O) groups is 2. The Balaban J connectivity index is 1.26. The molecule has 3 aliphatic heterocycles. The van der Waals surface area contributed by atoms with E-state index in [9.17, 15) is 9.59 Å². The van der Waals surface area contributed by atoms with Gasteiger partial charge < -0.3 is 24.1 Å². The highest BCUT2D eigenvalue weighted by atomic mass is 16.7. The van der Waals surface area contributed by atoms with Crippen molar-refractivity contribution in [3.63, 3.8) is 0 Å². The fourth-order valence-electron chi connectivity index (χ4n) is 8.11. The van der Waals surface area contributed by atoms with Gasteiger partial charge in [0.1, 0.15) is 11.1 Å². The van der Waals surface area contributed by atoms with Gasteiger partial charge in [-0.1, -0.05) is 20.3 Å². The van der Waals surface area contributed by atoms with Crippen molar-refractivity contribution in [2.24, 2.45) is 23.2 Å². The van der Waals surface area contributed by atoms with Crippen molar-refractivity contribution in [2.75, 3.05) is 20.2 Å². The predicted octanol–water partition coefficient (Wildman–Crippen LogP) is 3.64. The van der Waals surface area contributed by atoms with E-state index in [1.807, 2.05) is 20.8 Å². The first-order valence-corrected chi connectivity index (χ1v) is 13.5. The molecule has 9 heteroatoms. The molecular weight excluding hydrogens is 447 g/mol. The van der Waals surface area contributed by atoms with Crippen LogP contribution in [0.2, 0.25) is 6.32 Å². The highest BCUT2D eigenvalue weighted by Gasteiger charge is 2.68. The van der Waals surface area contributed by atoms with Crippen LogP contribution in [0.5, 0.6) is 0 Å². The van der Waals surface area contributed by atoms with Crippen LogP contribution in [0.25, 0.3) is 0 Å². The number of nitrogens with one attached hydrogen (secondary N) is 1. The van der Waals surface area contributed by atoms with E-state index in [0.717, 1.165) is 31.5 Å². The number of methoxy groups -OCH3 is 1. The van der Waals surface area contributed by atoms with E-state index >= 15 is 0 Å². The first-order chi connectivity index (χ1) is 16.3. The molecule has 0 aromatic heterocycles. The number of ether oxygens (including phenoxy) is 2. The molecule has 6 aliphatic rings. The number of hydrogen-bond acceptors (Lipinski definition) is 7. The Morgan fingerprint density at radius 1 is 1.20 bits per heavy atom. The van der Waals surface area contributed by atoms with Crippen LogP contribution in [-0.2, 0) is 23.6 Å². The lowest BCUT2D eigenvalue weighted by atomic mass is 9.43. The molecule has 4 bridgehead atoms. The van der Waals surface area contributed by atoms with Crippen molar-refractivity contribution in [3.05, 3.63) is 0 Å². The average Bonchev–Trinajstić information content (AvgIpc) is 3.18. The fraction of sp³-hybridized carbons (Fsp3) is 0.923. The van der Waals surface area contributed by atoms with E-state index in [-0.39, 0.29) is 36.8 Å². The lowest BCUT2D eigenvalue weighted by molar-refractivity contribution is -0.199. The Labute approximate surface area is 210 Å². The molecule has 6 fully saturated rings. The minimum absolute atomic E-state index is 0.0360. The number of rotatable bonds is 5. The van der Waals surface area contributed by atoms with Gasteiger partial charge in [-0.15, -0.1) is 0 Å². The van der Waals surface area contributed by atoms with Gasteiger partial charge in [-0.3, -0.25) is 4.90 Å². The van der Waals surface area contributed by atoms with Gasteiger partial charge in [0.2, 0.25) is 0 Å². The summed E-state index contributed by atoms with van der Waals surface area (Å²) in [5.41, 5.74) is -1.49. The highest BCUT2D eigenvalue weighted by Crippen LogP contribution is 2.65. The minimum atomic E-state index is -0.990. The molecule has 3 heterocycles. The summed E-state index contributed by atoms with van der Waals surface area (Å²) in [7, 11) is 1.21. The number of fused-ring (bicyclic) bond motifs is 2. The van der Waals surface area contributed by atoms with Crippen molar-refractivity contribution in [1.29, 1.82) is 0 Å². The van der Waals surface area contributed by atoms with Crippen LogP contribution in [0, 0.1) is 23.2 Å². The number of esters is 1. The summed E-state index contributed by atoms with van der Waals surface area (Å²) < 4.78 is 24.0. The molecule has 0 aromatic carbocycles. The second kappa shape index (κ2) is 8.35. The first-order valence-electron chi connectivity index (χ1n) is 13.5. The molecule has 0 radical (unpaired) electrons. The average molecular weight is 490 g/mol. The van der Waals surface area contributed by atoms with Crippen molar-refractivity contribution in [1.82, 2.24) is 10.2 Å². The van der Waals surface area contributed by atoms with Crippen LogP contribution < -0.4 is 5.32 Å². The van der Waals surface area contributed by atoms with Gasteiger partial charge in [0.15, 0.2) is 0 Å². The molecule has 3 aliphatic carbocycles. The number of amides is 1. The second-order valence-electron chi connectivity index (χ2n) is 13.3. The topological polar surface area (TPSA) is 86.3 Å². The summed E-state index contributed by atoms with van der Waals surface area (Å²) in [5.74, 6) is 0.899. The van der Waals surface area contributed by atoms with Crippen molar-refractivity contribution in [2.45, 2.75) is 109 Å². The van der Waals surface area contributed by atoms with Crippen molar-refractivity contribution >= 4 is 19.2 Å². The normalized spacial score (nSPS) is 41.3. The number of hydrogen-bond donors (Lipinski definition) is 1. The maximum absolute atomic E-state index is 13.2. The predicted molar refractivity (Wildman–Crippen MR) is 132 cm³/mol. The van der Waals surface area contributed by atoms with Crippen LogP contribution >= 0.6 is 0 Å². The maximum Gasteiger partial charge on any atom is 0.457 e. The van der Waals surface area contributed by atoms with Crippen molar-refractivity contribution < 1.29 is 28.4 Å². The summed E-state index contributed by atoms with van der Waals surface area (Å²) in [4.78, 5) is 28.0. The van der Waals surface area contributed by atoms with E-state index in [4.69, 9.17) is 18.8 Å². The van der Waals surface area contributed by atoms with Gasteiger partial charge in [0.25, 0.3) is 0 Å². The highest BCUT2D eigenvalue weighted by molar-refractivity contribution is 6.45. The standard InChI is InChI=1S/C26H43BN2O6/c1-23(2,3)33-22(31)29-15-18-17(26(29,10-12-28-18)21(30)32-7)9-8-11-27-34-20-14-16-13-19(24(16,4)5)25(20,6)35-27/h16-20,28H,8-15H2,1-7H3/t16-,17?,18?,19-,20+,25-,26?/m0/s1. The largest absolute Gasteiger partial charge is 0.467 e. The summed E-state index contributed by atoms with van der Waals surface area (Å²) >= 11 is 0. The zero-order valence-corrected chi connectivity index (χ0v) is 22.5. The third kappa shape index (κ3) is 3.83. The summed E-state index contributed by atoms with van der Waals surface area (Å²) in [6, 6.07) is 0.0360. The zero-order chi connectivity index (χ0) is 25.4. The Kier molecular flexibility index (Phi) is 6.05. The molecule has 35 heavy (non-hydrogen) atoms. The minimum Gasteiger partial charge on any atom is -0.467 e. The third-order valence-corrected chi connectivity index (χ3v) is 9.98. The van der Waals surface area contributed by atoms with Gasteiger partial charge in [-0.05, 0) is 83.5 Å². The molecule has 3 saturated heterocycles. The lowest BCUT2D eigenvalue weighted by Crippen LogP contribution is -2.65. The number of likely N-dealkylation sites (tertiary alicyclic amines) is 1. The molecular formula is C26H43BN2O6. The van der Waals surface area contributed by atoms with Gasteiger partial charge in [-0.2, -0.15) is 0 Å².